The Morgan fingerprint density at radius 3 is 1.23 bits per heavy atom. The average molecular weight is 605 g/mol. The molecule has 0 heterocycles. The van der Waals surface area contributed by atoms with E-state index < -0.39 is 0 Å². The van der Waals surface area contributed by atoms with E-state index in [4.69, 9.17) is 0 Å². The number of nitrogens with zero attached hydrogens (tertiary/aromatic N) is 2. The van der Waals surface area contributed by atoms with E-state index in [9.17, 15) is 0 Å². The highest BCUT2D eigenvalue weighted by molar-refractivity contribution is 6.11. The third-order valence-electron chi connectivity index (χ3n) is 9.20. The van der Waals surface area contributed by atoms with Crippen LogP contribution in [0.4, 0.5) is 34.1 Å². The number of benzene rings is 8. The van der Waals surface area contributed by atoms with Gasteiger partial charge in [0.05, 0.1) is 17.1 Å². The first-order valence-corrected chi connectivity index (χ1v) is 16.3. The van der Waals surface area contributed by atoms with Gasteiger partial charge in [-0.05, 0) is 104 Å². The molecule has 0 spiro atoms. The summed E-state index contributed by atoms with van der Waals surface area (Å²) in [7, 11) is 0. The van der Waals surface area contributed by atoms with Crippen molar-refractivity contribution in [3.8, 4) is 0 Å². The molecule has 8 aromatic carbocycles. The summed E-state index contributed by atoms with van der Waals surface area (Å²) < 4.78 is 0. The quantitative estimate of drug-likeness (QED) is 0.174. The lowest BCUT2D eigenvalue weighted by Crippen LogP contribution is -2.13. The minimum Gasteiger partial charge on any atom is -0.310 e. The van der Waals surface area contributed by atoms with E-state index in [-0.39, 0.29) is 0 Å². The fourth-order valence-electron chi connectivity index (χ4n) is 6.72. The number of anilines is 6. The van der Waals surface area contributed by atoms with Crippen molar-refractivity contribution in [3.63, 3.8) is 0 Å². The molecule has 2 nitrogen and oxygen atoms in total. The number of aryl methyl sites for hydroxylation is 3. The monoisotopic (exact) mass is 604 g/mol. The Morgan fingerprint density at radius 2 is 0.702 bits per heavy atom. The molecule has 0 aliphatic heterocycles. The van der Waals surface area contributed by atoms with Crippen LogP contribution in [0.1, 0.15) is 16.7 Å². The zero-order chi connectivity index (χ0) is 31.9. The van der Waals surface area contributed by atoms with Gasteiger partial charge in [-0.25, -0.2) is 0 Å². The van der Waals surface area contributed by atoms with Gasteiger partial charge >= 0.3 is 0 Å². The molecule has 226 valence electrons. The van der Waals surface area contributed by atoms with E-state index in [0.717, 1.165) is 34.1 Å². The predicted molar refractivity (Wildman–Crippen MR) is 203 cm³/mol. The smallest absolute Gasteiger partial charge is 0.0541 e. The van der Waals surface area contributed by atoms with Gasteiger partial charge in [-0.2, -0.15) is 0 Å². The van der Waals surface area contributed by atoms with Crippen LogP contribution in [-0.2, 0) is 0 Å². The highest BCUT2D eigenvalue weighted by Crippen LogP contribution is 2.46. The second kappa shape index (κ2) is 11.8. The maximum Gasteiger partial charge on any atom is 0.0541 e. The van der Waals surface area contributed by atoms with Crippen LogP contribution < -0.4 is 9.80 Å². The van der Waals surface area contributed by atoms with E-state index in [2.05, 4.69) is 194 Å². The lowest BCUT2D eigenvalue weighted by molar-refractivity contribution is 1.27. The van der Waals surface area contributed by atoms with Crippen molar-refractivity contribution in [2.45, 2.75) is 20.8 Å². The van der Waals surface area contributed by atoms with Crippen LogP contribution in [0.25, 0.3) is 32.3 Å². The standard InChI is InChI=1S/C45H36N2/c1-31-15-21-37(22-16-31)46(38-23-17-32(2)18-24-38)44-27-28-45(41-13-7-6-12-40(41)44)47(39-25-19-33(3)20-26-39)43-14-8-11-36-29-34-9-4-5-10-35(34)30-42(36)43/h4-30H,1-3H3. The summed E-state index contributed by atoms with van der Waals surface area (Å²) in [6.07, 6.45) is 0. The summed E-state index contributed by atoms with van der Waals surface area (Å²) in [5.41, 5.74) is 10.6. The molecular weight excluding hydrogens is 569 g/mol. The van der Waals surface area contributed by atoms with Crippen molar-refractivity contribution in [1.82, 2.24) is 0 Å². The molecule has 8 aromatic rings. The van der Waals surface area contributed by atoms with Crippen molar-refractivity contribution in [2.75, 3.05) is 9.80 Å². The first-order chi connectivity index (χ1) is 23.0. The van der Waals surface area contributed by atoms with Gasteiger partial charge in [-0.15, -0.1) is 0 Å². The molecule has 0 aromatic heterocycles. The Labute approximate surface area is 276 Å². The number of fused-ring (bicyclic) bond motifs is 3. The summed E-state index contributed by atoms with van der Waals surface area (Å²) in [5.74, 6) is 0. The van der Waals surface area contributed by atoms with Crippen LogP contribution in [-0.4, -0.2) is 0 Å². The van der Waals surface area contributed by atoms with Crippen LogP contribution in [0.2, 0.25) is 0 Å². The van der Waals surface area contributed by atoms with Crippen LogP contribution in [0, 0.1) is 20.8 Å². The van der Waals surface area contributed by atoms with Gasteiger partial charge in [0.2, 0.25) is 0 Å². The fourth-order valence-corrected chi connectivity index (χ4v) is 6.72. The molecule has 0 N–H and O–H groups in total. The van der Waals surface area contributed by atoms with Gasteiger partial charge in [0.1, 0.15) is 0 Å². The van der Waals surface area contributed by atoms with Gasteiger partial charge in [-0.1, -0.05) is 114 Å². The second-order valence-corrected chi connectivity index (χ2v) is 12.5. The maximum absolute atomic E-state index is 2.44. The molecule has 8 rings (SSSR count). The molecule has 0 bridgehead atoms. The molecule has 0 saturated heterocycles. The van der Waals surface area contributed by atoms with Gasteiger partial charge < -0.3 is 9.80 Å². The summed E-state index contributed by atoms with van der Waals surface area (Å²) >= 11 is 0. The van der Waals surface area contributed by atoms with Gasteiger partial charge in [0, 0.05) is 33.2 Å². The number of hydrogen-bond acceptors (Lipinski definition) is 2. The Morgan fingerprint density at radius 1 is 0.298 bits per heavy atom. The summed E-state index contributed by atoms with van der Waals surface area (Å²) in [5, 5.41) is 7.32. The SMILES string of the molecule is Cc1ccc(N(c2ccc(C)cc2)c2ccc(N(c3ccc(C)cc3)c3cccc4cc5ccccc5cc34)c3ccccc23)cc1. The first-order valence-electron chi connectivity index (χ1n) is 16.3. The molecule has 0 amide bonds. The van der Waals surface area contributed by atoms with Crippen LogP contribution in [0.5, 0.6) is 0 Å². The summed E-state index contributed by atoms with van der Waals surface area (Å²) in [6, 6.07) is 59.9. The van der Waals surface area contributed by atoms with Crippen molar-refractivity contribution in [1.29, 1.82) is 0 Å². The lowest BCUT2D eigenvalue weighted by Gasteiger charge is -2.31. The molecule has 0 atom stereocenters. The van der Waals surface area contributed by atoms with Gasteiger partial charge in [-0.3, -0.25) is 0 Å². The Hall–Kier alpha value is -5.86. The molecule has 0 aliphatic carbocycles. The van der Waals surface area contributed by atoms with Crippen molar-refractivity contribution < 1.29 is 0 Å². The van der Waals surface area contributed by atoms with Gasteiger partial charge in [0.25, 0.3) is 0 Å². The minimum absolute atomic E-state index is 1.13. The fraction of sp³-hybridized carbons (Fsp3) is 0.0667. The molecule has 0 radical (unpaired) electrons. The Bertz CT molecular complexity index is 2320. The number of rotatable bonds is 6. The van der Waals surface area contributed by atoms with Crippen molar-refractivity contribution in [3.05, 3.63) is 180 Å². The molecule has 2 heteroatoms. The van der Waals surface area contributed by atoms with E-state index in [1.165, 1.54) is 49.0 Å². The summed E-state index contributed by atoms with van der Waals surface area (Å²) in [4.78, 5) is 4.82. The topological polar surface area (TPSA) is 6.48 Å². The Balaban J connectivity index is 1.39. The largest absolute Gasteiger partial charge is 0.310 e. The van der Waals surface area contributed by atoms with E-state index >= 15 is 0 Å². The van der Waals surface area contributed by atoms with Crippen molar-refractivity contribution >= 4 is 66.4 Å². The Kier molecular flexibility index (Phi) is 7.19. The third kappa shape index (κ3) is 5.28. The first kappa shape index (κ1) is 28.6. The normalized spacial score (nSPS) is 11.3. The van der Waals surface area contributed by atoms with E-state index in [0.29, 0.717) is 0 Å². The third-order valence-corrected chi connectivity index (χ3v) is 9.20. The van der Waals surface area contributed by atoms with Crippen LogP contribution in [0.3, 0.4) is 0 Å². The average Bonchev–Trinajstić information content (AvgIpc) is 3.11. The predicted octanol–water partition coefficient (Wildman–Crippen LogP) is 13.0. The molecule has 47 heavy (non-hydrogen) atoms. The lowest BCUT2D eigenvalue weighted by atomic mass is 9.99. The highest BCUT2D eigenvalue weighted by Gasteiger charge is 2.22. The van der Waals surface area contributed by atoms with E-state index in [1.54, 1.807) is 0 Å². The molecule has 0 fully saturated rings. The van der Waals surface area contributed by atoms with Gasteiger partial charge in [0.15, 0.2) is 0 Å². The van der Waals surface area contributed by atoms with Crippen LogP contribution >= 0.6 is 0 Å². The van der Waals surface area contributed by atoms with Crippen LogP contribution in [0.15, 0.2) is 164 Å². The zero-order valence-electron chi connectivity index (χ0n) is 27.0. The molecular formula is C45H36N2. The summed E-state index contributed by atoms with van der Waals surface area (Å²) in [6.45, 7) is 6.42. The second-order valence-electron chi connectivity index (χ2n) is 12.5. The highest BCUT2D eigenvalue weighted by atomic mass is 15.2. The molecule has 0 aliphatic rings. The maximum atomic E-state index is 2.44. The van der Waals surface area contributed by atoms with Crippen molar-refractivity contribution in [2.24, 2.45) is 0 Å². The minimum atomic E-state index is 1.13. The van der Waals surface area contributed by atoms with E-state index in [1.807, 2.05) is 0 Å². The number of hydrogen-bond donors (Lipinski definition) is 0. The zero-order valence-corrected chi connectivity index (χ0v) is 27.0. The molecule has 0 saturated carbocycles. The molecule has 0 unspecified atom stereocenters.